The molecule has 0 radical (unpaired) electrons. The number of aromatic nitrogens is 2. The van der Waals surface area contributed by atoms with Crippen LogP contribution in [0, 0.1) is 0 Å². The standard InChI is InChI=1S/C22H27N3O4/c1-28-16-8-9-17(20(11-16)29-2)19-7-4-10-25(19)22(27)13-24-14-23-18(12-21(24)26)15-5-3-6-15/h8-9,11-12,14-15,19H,3-7,10,13H2,1-2H3. The lowest BCUT2D eigenvalue weighted by Crippen LogP contribution is -2.36. The summed E-state index contributed by atoms with van der Waals surface area (Å²) >= 11 is 0. The second-order valence-corrected chi connectivity index (χ2v) is 7.76. The third kappa shape index (κ3) is 3.86. The third-order valence-electron chi connectivity index (χ3n) is 6.10. The lowest BCUT2D eigenvalue weighted by atomic mass is 9.83. The van der Waals surface area contributed by atoms with Gasteiger partial charge in [0.05, 0.1) is 32.3 Å². The van der Waals surface area contributed by atoms with E-state index < -0.39 is 0 Å². The van der Waals surface area contributed by atoms with E-state index in [1.54, 1.807) is 20.3 Å². The number of amides is 1. The molecular weight excluding hydrogens is 370 g/mol. The Bertz CT molecular complexity index is 951. The number of ether oxygens (including phenoxy) is 2. The molecule has 7 nitrogen and oxygen atoms in total. The number of hydrogen-bond acceptors (Lipinski definition) is 5. The van der Waals surface area contributed by atoms with Crippen molar-refractivity contribution in [3.8, 4) is 11.5 Å². The maximum atomic E-state index is 13.0. The van der Waals surface area contributed by atoms with E-state index in [0.717, 1.165) is 36.9 Å². The number of likely N-dealkylation sites (tertiary alicyclic amines) is 1. The maximum Gasteiger partial charge on any atom is 0.254 e. The predicted molar refractivity (Wildman–Crippen MR) is 108 cm³/mol. The van der Waals surface area contributed by atoms with E-state index in [0.29, 0.717) is 24.0 Å². The van der Waals surface area contributed by atoms with Gasteiger partial charge in [-0.25, -0.2) is 4.98 Å². The maximum absolute atomic E-state index is 13.0. The van der Waals surface area contributed by atoms with E-state index in [9.17, 15) is 9.59 Å². The molecule has 4 rings (SSSR count). The first kappa shape index (κ1) is 19.5. The van der Waals surface area contributed by atoms with Gasteiger partial charge in [0.25, 0.3) is 5.56 Å². The van der Waals surface area contributed by atoms with Crippen molar-refractivity contribution in [1.82, 2.24) is 14.5 Å². The van der Waals surface area contributed by atoms with Gasteiger partial charge in [-0.05, 0) is 37.8 Å². The second-order valence-electron chi connectivity index (χ2n) is 7.76. The molecule has 0 N–H and O–H groups in total. The molecule has 1 unspecified atom stereocenters. The van der Waals surface area contributed by atoms with Crippen molar-refractivity contribution >= 4 is 5.91 Å². The monoisotopic (exact) mass is 397 g/mol. The molecule has 0 bridgehead atoms. The van der Waals surface area contributed by atoms with Crippen molar-refractivity contribution < 1.29 is 14.3 Å². The zero-order valence-corrected chi connectivity index (χ0v) is 17.0. The van der Waals surface area contributed by atoms with Crippen molar-refractivity contribution in [2.45, 2.75) is 50.6 Å². The molecule has 29 heavy (non-hydrogen) atoms. The molecule has 2 fully saturated rings. The Kier molecular flexibility index (Phi) is 5.56. The van der Waals surface area contributed by atoms with Crippen LogP contribution in [0.1, 0.15) is 55.3 Å². The summed E-state index contributed by atoms with van der Waals surface area (Å²) in [5.41, 5.74) is 1.66. The summed E-state index contributed by atoms with van der Waals surface area (Å²) in [5.74, 6) is 1.74. The molecule has 0 spiro atoms. The SMILES string of the molecule is COc1ccc(C2CCCN2C(=O)Cn2cnc(C3CCC3)cc2=O)c(OC)c1. The number of methoxy groups -OCH3 is 2. The Morgan fingerprint density at radius 1 is 1.14 bits per heavy atom. The Morgan fingerprint density at radius 2 is 1.97 bits per heavy atom. The highest BCUT2D eigenvalue weighted by atomic mass is 16.5. The molecule has 1 saturated heterocycles. The minimum atomic E-state index is -0.159. The van der Waals surface area contributed by atoms with Crippen LogP contribution in [0.25, 0.3) is 0 Å². The number of hydrogen-bond donors (Lipinski definition) is 0. The van der Waals surface area contributed by atoms with Crippen molar-refractivity contribution in [2.75, 3.05) is 20.8 Å². The minimum absolute atomic E-state index is 0.00570. The molecule has 2 heterocycles. The fourth-order valence-electron chi connectivity index (χ4n) is 4.20. The molecule has 1 aliphatic heterocycles. The molecule has 1 aliphatic carbocycles. The number of carbonyl (C=O) groups excluding carboxylic acids is 1. The van der Waals surface area contributed by atoms with Gasteiger partial charge in [-0.1, -0.05) is 6.42 Å². The van der Waals surface area contributed by atoms with Gasteiger partial charge in [-0.2, -0.15) is 0 Å². The smallest absolute Gasteiger partial charge is 0.254 e. The molecule has 154 valence electrons. The van der Waals surface area contributed by atoms with Gasteiger partial charge in [-0.3, -0.25) is 14.2 Å². The highest BCUT2D eigenvalue weighted by Crippen LogP contribution is 2.39. The van der Waals surface area contributed by atoms with Crippen LogP contribution in [0.5, 0.6) is 11.5 Å². The van der Waals surface area contributed by atoms with Gasteiger partial charge in [0.1, 0.15) is 18.0 Å². The molecule has 1 amide bonds. The Morgan fingerprint density at radius 3 is 2.62 bits per heavy atom. The fourth-order valence-corrected chi connectivity index (χ4v) is 4.20. The van der Waals surface area contributed by atoms with E-state index >= 15 is 0 Å². The summed E-state index contributed by atoms with van der Waals surface area (Å²) in [4.78, 5) is 31.8. The topological polar surface area (TPSA) is 73.7 Å². The second kappa shape index (κ2) is 8.27. The van der Waals surface area contributed by atoms with Crippen LogP contribution in [0.15, 0.2) is 35.4 Å². The Labute approximate surface area is 170 Å². The van der Waals surface area contributed by atoms with E-state index in [2.05, 4.69) is 4.98 Å². The summed E-state index contributed by atoms with van der Waals surface area (Å²) in [5, 5.41) is 0. The Hall–Kier alpha value is -2.83. The molecule has 7 heteroatoms. The Balaban J connectivity index is 1.52. The van der Waals surface area contributed by atoms with Crippen molar-refractivity contribution in [3.05, 3.63) is 52.2 Å². The van der Waals surface area contributed by atoms with E-state index in [4.69, 9.17) is 9.47 Å². The number of benzene rings is 1. The summed E-state index contributed by atoms with van der Waals surface area (Å²) in [7, 11) is 3.23. The zero-order valence-electron chi connectivity index (χ0n) is 17.0. The van der Waals surface area contributed by atoms with Crippen molar-refractivity contribution in [2.24, 2.45) is 0 Å². The first-order chi connectivity index (χ1) is 14.1. The summed E-state index contributed by atoms with van der Waals surface area (Å²) < 4.78 is 12.2. The highest BCUT2D eigenvalue weighted by molar-refractivity contribution is 5.77. The van der Waals surface area contributed by atoms with Gasteiger partial charge in [0.2, 0.25) is 5.91 Å². The van der Waals surface area contributed by atoms with Crippen LogP contribution >= 0.6 is 0 Å². The summed E-state index contributed by atoms with van der Waals surface area (Å²) in [6.45, 7) is 0.673. The van der Waals surface area contributed by atoms with Crippen LogP contribution < -0.4 is 15.0 Å². The van der Waals surface area contributed by atoms with Gasteiger partial charge in [-0.15, -0.1) is 0 Å². The number of nitrogens with zero attached hydrogens (tertiary/aromatic N) is 3. The third-order valence-corrected chi connectivity index (χ3v) is 6.10. The normalized spacial score (nSPS) is 19.1. The molecule has 1 aromatic heterocycles. The van der Waals surface area contributed by atoms with E-state index in [1.807, 2.05) is 23.1 Å². The molecule has 1 atom stereocenters. The lowest BCUT2D eigenvalue weighted by molar-refractivity contribution is -0.132. The van der Waals surface area contributed by atoms with Gasteiger partial charge < -0.3 is 14.4 Å². The number of rotatable bonds is 6. The fraction of sp³-hybridized carbons (Fsp3) is 0.500. The average molecular weight is 397 g/mol. The summed E-state index contributed by atoms with van der Waals surface area (Å²) in [6.07, 6.45) is 6.68. The van der Waals surface area contributed by atoms with Gasteiger partial charge in [0, 0.05) is 30.2 Å². The van der Waals surface area contributed by atoms with Crippen LogP contribution in [0.2, 0.25) is 0 Å². The van der Waals surface area contributed by atoms with Crippen LogP contribution in [0.3, 0.4) is 0 Å². The highest BCUT2D eigenvalue weighted by Gasteiger charge is 2.32. The molecule has 1 aromatic carbocycles. The largest absolute Gasteiger partial charge is 0.497 e. The van der Waals surface area contributed by atoms with Crippen molar-refractivity contribution in [1.29, 1.82) is 0 Å². The van der Waals surface area contributed by atoms with Crippen molar-refractivity contribution in [3.63, 3.8) is 0 Å². The van der Waals surface area contributed by atoms with Crippen LogP contribution in [-0.2, 0) is 11.3 Å². The quantitative estimate of drug-likeness (QED) is 0.749. The van der Waals surface area contributed by atoms with Crippen LogP contribution in [0.4, 0.5) is 0 Å². The predicted octanol–water partition coefficient (Wildman–Crippen LogP) is 2.89. The molecule has 1 saturated carbocycles. The summed E-state index contributed by atoms with van der Waals surface area (Å²) in [6, 6.07) is 7.19. The number of carbonyl (C=O) groups is 1. The molecule has 2 aliphatic rings. The molecule has 2 aromatic rings. The first-order valence-electron chi connectivity index (χ1n) is 10.2. The van der Waals surface area contributed by atoms with Gasteiger partial charge in [0.15, 0.2) is 0 Å². The van der Waals surface area contributed by atoms with E-state index in [-0.39, 0.29) is 24.1 Å². The minimum Gasteiger partial charge on any atom is -0.497 e. The van der Waals surface area contributed by atoms with Crippen LogP contribution in [-0.4, -0.2) is 41.1 Å². The van der Waals surface area contributed by atoms with E-state index in [1.165, 1.54) is 17.3 Å². The van der Waals surface area contributed by atoms with Gasteiger partial charge >= 0.3 is 0 Å². The lowest BCUT2D eigenvalue weighted by Gasteiger charge is -2.27. The molecular formula is C22H27N3O4. The average Bonchev–Trinajstić information content (AvgIpc) is 3.18. The zero-order chi connectivity index (χ0) is 20.4. The first-order valence-corrected chi connectivity index (χ1v) is 10.2.